The fourth-order valence-corrected chi connectivity index (χ4v) is 3.09. The molecule has 0 aliphatic carbocycles. The lowest BCUT2D eigenvalue weighted by Gasteiger charge is -2.19. The Labute approximate surface area is 183 Å². The zero-order valence-electron chi connectivity index (χ0n) is 18.6. The normalized spacial score (nSPS) is 16.1. The molecule has 7 nitrogen and oxygen atoms in total. The molecular weight excluding hydrogens is 394 g/mol. The van der Waals surface area contributed by atoms with Crippen LogP contribution in [0, 0.1) is 5.92 Å². The molecule has 2 heterocycles. The smallest absolute Gasteiger partial charge is 0.335 e. The van der Waals surface area contributed by atoms with Crippen LogP contribution in [0.15, 0.2) is 47.5 Å². The van der Waals surface area contributed by atoms with Crippen molar-refractivity contribution in [3.8, 4) is 17.0 Å². The van der Waals surface area contributed by atoms with Crippen molar-refractivity contribution in [1.82, 2.24) is 9.78 Å². The number of nitrogens with zero attached hydrogens (tertiary/aromatic N) is 3. The number of aromatic nitrogens is 2. The molecule has 1 atom stereocenters. The molecule has 1 unspecified atom stereocenters. The predicted octanol–water partition coefficient (Wildman–Crippen LogP) is 4.36. The quantitative estimate of drug-likeness (QED) is 0.611. The lowest BCUT2D eigenvalue weighted by Crippen LogP contribution is -2.34. The highest BCUT2D eigenvalue weighted by Crippen LogP contribution is 2.27. The maximum Gasteiger partial charge on any atom is 0.335 e. The Morgan fingerprint density at radius 3 is 2.81 bits per heavy atom. The number of dihydropyridines is 1. The number of carbonyl (C=O) groups is 1. The van der Waals surface area contributed by atoms with Crippen LogP contribution < -0.4 is 4.74 Å². The van der Waals surface area contributed by atoms with Gasteiger partial charge in [0.1, 0.15) is 5.75 Å². The molecule has 1 aromatic carbocycles. The minimum absolute atomic E-state index is 0.105. The predicted molar refractivity (Wildman–Crippen MR) is 121 cm³/mol. The summed E-state index contributed by atoms with van der Waals surface area (Å²) in [5.74, 6) is 0.237. The van der Waals surface area contributed by atoms with Crippen molar-refractivity contribution in [2.75, 3.05) is 6.61 Å². The van der Waals surface area contributed by atoms with Crippen molar-refractivity contribution in [2.45, 2.75) is 58.9 Å². The number of rotatable bonds is 10. The molecule has 1 aromatic heterocycles. The molecule has 1 aliphatic rings. The van der Waals surface area contributed by atoms with E-state index in [0.29, 0.717) is 24.8 Å². The third kappa shape index (κ3) is 6.28. The number of aliphatic imine (C=N–C) groups is 1. The molecule has 1 aliphatic heterocycles. The first-order valence-electron chi connectivity index (χ1n) is 10.6. The molecule has 0 saturated carbocycles. The monoisotopic (exact) mass is 425 g/mol. The van der Waals surface area contributed by atoms with Crippen molar-refractivity contribution < 1.29 is 19.4 Å². The van der Waals surface area contributed by atoms with E-state index in [2.05, 4.69) is 24.9 Å². The van der Waals surface area contributed by atoms with E-state index < -0.39 is 11.6 Å². The van der Waals surface area contributed by atoms with E-state index in [1.807, 2.05) is 47.3 Å². The largest absolute Gasteiger partial charge is 0.493 e. The van der Waals surface area contributed by atoms with Gasteiger partial charge in [0.2, 0.25) is 0 Å². The maximum absolute atomic E-state index is 11.4. The van der Waals surface area contributed by atoms with Gasteiger partial charge >= 0.3 is 5.97 Å². The molecule has 0 bridgehead atoms. The zero-order valence-corrected chi connectivity index (χ0v) is 18.6. The molecular formula is C24H31N3O4. The average molecular weight is 426 g/mol. The van der Waals surface area contributed by atoms with Gasteiger partial charge in [0.25, 0.3) is 0 Å². The van der Waals surface area contributed by atoms with Crippen molar-refractivity contribution in [2.24, 2.45) is 10.9 Å². The molecule has 1 N–H and O–H groups in total. The molecule has 0 saturated heterocycles. The van der Waals surface area contributed by atoms with Crippen molar-refractivity contribution in [1.29, 1.82) is 0 Å². The van der Waals surface area contributed by atoms with Gasteiger partial charge in [-0.15, -0.1) is 0 Å². The van der Waals surface area contributed by atoms with E-state index in [0.717, 1.165) is 23.4 Å². The molecule has 2 aromatic rings. The Morgan fingerprint density at radius 2 is 2.13 bits per heavy atom. The van der Waals surface area contributed by atoms with E-state index in [-0.39, 0.29) is 12.6 Å². The third-order valence-corrected chi connectivity index (χ3v) is 4.95. The van der Waals surface area contributed by atoms with Gasteiger partial charge in [0.15, 0.2) is 5.60 Å². The van der Waals surface area contributed by atoms with Crippen LogP contribution in [0.1, 0.15) is 39.8 Å². The standard InChI is InChI=1S/C24H31N3O4/c1-17(2)15-30-21-10-7-8-18(12-21)22-13-20(16-31-24(3,4)23(28)29)26-27(22)14-19-9-5-6-11-25-19/h5-8,10-13,17,19H,9,14-16H2,1-4H3,(H,28,29). The van der Waals surface area contributed by atoms with Crippen molar-refractivity contribution in [3.63, 3.8) is 0 Å². The molecule has 3 rings (SSSR count). The summed E-state index contributed by atoms with van der Waals surface area (Å²) in [6.07, 6.45) is 6.71. The second-order valence-electron chi connectivity index (χ2n) is 8.66. The van der Waals surface area contributed by atoms with Crippen LogP contribution in [0.4, 0.5) is 0 Å². The van der Waals surface area contributed by atoms with Gasteiger partial charge in [-0.05, 0) is 50.5 Å². The Hall–Kier alpha value is -2.93. The highest BCUT2D eigenvalue weighted by atomic mass is 16.5. The van der Waals surface area contributed by atoms with Gasteiger partial charge in [-0.3, -0.25) is 9.67 Å². The second-order valence-corrected chi connectivity index (χ2v) is 8.66. The van der Waals surface area contributed by atoms with Crippen LogP contribution in [-0.2, 0) is 22.7 Å². The summed E-state index contributed by atoms with van der Waals surface area (Å²) >= 11 is 0. The first kappa shape index (κ1) is 22.7. The van der Waals surface area contributed by atoms with Crippen molar-refractivity contribution >= 4 is 12.2 Å². The van der Waals surface area contributed by atoms with Crippen molar-refractivity contribution in [3.05, 3.63) is 48.2 Å². The summed E-state index contributed by atoms with van der Waals surface area (Å²) < 4.78 is 13.4. The Morgan fingerprint density at radius 1 is 1.32 bits per heavy atom. The topological polar surface area (TPSA) is 85.9 Å². The Balaban J connectivity index is 1.87. The van der Waals surface area contributed by atoms with Gasteiger partial charge in [-0.25, -0.2) is 4.79 Å². The summed E-state index contributed by atoms with van der Waals surface area (Å²) in [5.41, 5.74) is 1.29. The van der Waals surface area contributed by atoms with E-state index in [9.17, 15) is 9.90 Å². The second kappa shape index (κ2) is 9.92. The fraction of sp³-hybridized carbons (Fsp3) is 0.458. The lowest BCUT2D eigenvalue weighted by molar-refractivity contribution is -0.162. The summed E-state index contributed by atoms with van der Waals surface area (Å²) in [5, 5.41) is 14.0. The van der Waals surface area contributed by atoms with Gasteiger partial charge in [0.05, 0.1) is 37.2 Å². The highest BCUT2D eigenvalue weighted by Gasteiger charge is 2.28. The van der Waals surface area contributed by atoms with Crippen LogP contribution in [0.2, 0.25) is 0 Å². The summed E-state index contributed by atoms with van der Waals surface area (Å²) in [6.45, 7) is 8.67. The molecule has 0 radical (unpaired) electrons. The first-order chi connectivity index (χ1) is 14.7. The molecule has 0 fully saturated rings. The molecule has 166 valence electrons. The number of allylic oxidation sites excluding steroid dienone is 1. The molecule has 7 heteroatoms. The Kier molecular flexibility index (Phi) is 7.28. The number of hydrogen-bond acceptors (Lipinski definition) is 5. The van der Waals surface area contributed by atoms with Crippen LogP contribution in [-0.4, -0.2) is 45.3 Å². The van der Waals surface area contributed by atoms with Crippen LogP contribution in [0.3, 0.4) is 0 Å². The van der Waals surface area contributed by atoms with Crippen LogP contribution in [0.5, 0.6) is 5.75 Å². The van der Waals surface area contributed by atoms with E-state index in [1.165, 1.54) is 13.8 Å². The fourth-order valence-electron chi connectivity index (χ4n) is 3.09. The van der Waals surface area contributed by atoms with Gasteiger partial charge in [-0.1, -0.05) is 32.1 Å². The minimum atomic E-state index is -1.28. The number of aliphatic carboxylic acids is 1. The van der Waals surface area contributed by atoms with E-state index in [4.69, 9.17) is 14.6 Å². The molecule has 0 spiro atoms. The average Bonchev–Trinajstić information content (AvgIpc) is 3.14. The Bertz CT molecular complexity index is 959. The highest BCUT2D eigenvalue weighted by molar-refractivity contribution is 5.76. The van der Waals surface area contributed by atoms with Crippen LogP contribution >= 0.6 is 0 Å². The van der Waals surface area contributed by atoms with E-state index >= 15 is 0 Å². The molecule has 0 amide bonds. The SMILES string of the molecule is CC(C)COc1cccc(-c2cc(COC(C)(C)C(=O)O)nn2CC2CC=CC=N2)c1. The maximum atomic E-state index is 11.4. The van der Waals surface area contributed by atoms with Crippen LogP contribution in [0.25, 0.3) is 11.3 Å². The van der Waals surface area contributed by atoms with Gasteiger partial charge in [0, 0.05) is 11.8 Å². The van der Waals surface area contributed by atoms with Gasteiger partial charge < -0.3 is 14.6 Å². The number of hydrogen-bond donors (Lipinski definition) is 1. The number of carboxylic acids is 1. The number of ether oxygens (including phenoxy) is 2. The van der Waals surface area contributed by atoms with Gasteiger partial charge in [-0.2, -0.15) is 5.10 Å². The summed E-state index contributed by atoms with van der Waals surface area (Å²) in [7, 11) is 0. The third-order valence-electron chi connectivity index (χ3n) is 4.95. The molecule has 31 heavy (non-hydrogen) atoms. The number of carboxylic acid groups (broad SMARTS) is 1. The number of benzene rings is 1. The summed E-state index contributed by atoms with van der Waals surface area (Å²) in [4.78, 5) is 15.9. The minimum Gasteiger partial charge on any atom is -0.493 e. The summed E-state index contributed by atoms with van der Waals surface area (Å²) in [6, 6.07) is 9.99. The zero-order chi connectivity index (χ0) is 22.4. The van der Waals surface area contributed by atoms with E-state index in [1.54, 1.807) is 0 Å². The lowest BCUT2D eigenvalue weighted by atomic mass is 10.1. The first-order valence-corrected chi connectivity index (χ1v) is 10.6.